The van der Waals surface area contributed by atoms with Crippen molar-refractivity contribution >= 4 is 77.1 Å². The van der Waals surface area contributed by atoms with Crippen molar-refractivity contribution in [2.75, 3.05) is 4.90 Å². The summed E-state index contributed by atoms with van der Waals surface area (Å²) in [5.74, 6) is -1.23. The number of carboxylic acid groups (broad SMARTS) is 1. The van der Waals surface area contributed by atoms with Gasteiger partial charge in [-0.05, 0) is 0 Å². The summed E-state index contributed by atoms with van der Waals surface area (Å²) in [6.07, 6.45) is 1.40. The van der Waals surface area contributed by atoms with Crippen LogP contribution in [0.1, 0.15) is 4.88 Å². The number of nitriles is 1. The number of carboxylic acids is 1. The third kappa shape index (κ3) is 4.94. The van der Waals surface area contributed by atoms with Gasteiger partial charge in [-0.2, -0.15) is 0 Å². The first-order chi connectivity index (χ1) is 19.1. The van der Waals surface area contributed by atoms with Crippen molar-refractivity contribution in [2.24, 2.45) is 0 Å². The van der Waals surface area contributed by atoms with E-state index in [9.17, 15) is 9.90 Å². The molecule has 0 amide bonds. The molecule has 0 radical (unpaired) electrons. The minimum absolute atomic E-state index is 0.231. The van der Waals surface area contributed by atoms with Crippen LogP contribution in [0.5, 0.6) is 0 Å². The Bertz CT molecular complexity index is 1830. The first kappa shape index (κ1) is 25.0. The molecule has 0 aliphatic rings. The van der Waals surface area contributed by atoms with Crippen LogP contribution in [0.3, 0.4) is 0 Å². The fourth-order valence-corrected chi connectivity index (χ4v) is 7.53. The van der Waals surface area contributed by atoms with Gasteiger partial charge >= 0.3 is 240 Å². The number of rotatable bonds is 7. The van der Waals surface area contributed by atoms with Crippen LogP contribution in [0.25, 0.3) is 38.0 Å². The molecule has 0 aliphatic heterocycles. The normalized spacial score (nSPS) is 11.4. The molecule has 39 heavy (non-hydrogen) atoms. The number of fused-ring (bicyclic) bond motifs is 1. The molecule has 0 fully saturated rings. The Morgan fingerprint density at radius 2 is 1.36 bits per heavy atom. The third-order valence-corrected chi connectivity index (χ3v) is 9.33. The molecule has 3 aromatic carbocycles. The molecule has 0 spiro atoms. The molecule has 1 N–H and O–H groups in total. The minimum atomic E-state index is -1.23. The first-order valence-corrected chi connectivity index (χ1v) is 15.0. The molecule has 3 aromatic heterocycles. The van der Waals surface area contributed by atoms with Gasteiger partial charge in [-0.25, -0.2) is 0 Å². The average molecular weight is 610 g/mol. The van der Waals surface area contributed by atoms with E-state index >= 15 is 0 Å². The second kappa shape index (κ2) is 10.8. The average Bonchev–Trinajstić information content (AvgIpc) is 3.74. The zero-order valence-electron chi connectivity index (χ0n) is 20.2. The summed E-state index contributed by atoms with van der Waals surface area (Å²) in [4.78, 5) is 16.2. The summed E-state index contributed by atoms with van der Waals surface area (Å²) in [5, 5.41) is 19.4. The van der Waals surface area contributed by atoms with Gasteiger partial charge in [-0.15, -0.1) is 0 Å². The van der Waals surface area contributed by atoms with Gasteiger partial charge in [0.05, 0.1) is 0 Å². The first-order valence-electron chi connectivity index (χ1n) is 11.8. The number of nitrogens with zero attached hydrogens (tertiary/aromatic N) is 4. The van der Waals surface area contributed by atoms with Crippen molar-refractivity contribution in [3.8, 4) is 27.0 Å². The zero-order valence-corrected chi connectivity index (χ0v) is 23.5. The Balaban J connectivity index is 1.39. The van der Waals surface area contributed by atoms with Gasteiger partial charge in [-0.1, -0.05) is 0 Å². The fraction of sp³-hybridized carbons (Fsp3) is 0. The maximum absolute atomic E-state index is 11.2. The molecule has 0 bridgehead atoms. The van der Waals surface area contributed by atoms with Gasteiger partial charge in [0.1, 0.15) is 0 Å². The van der Waals surface area contributed by atoms with Crippen LogP contribution in [0.15, 0.2) is 103 Å². The number of aromatic nitrogens is 2. The monoisotopic (exact) mass is 610 g/mol. The van der Waals surface area contributed by atoms with Crippen LogP contribution < -0.4 is 4.90 Å². The molecule has 6 rings (SSSR count). The van der Waals surface area contributed by atoms with E-state index in [1.165, 1.54) is 17.4 Å². The van der Waals surface area contributed by atoms with E-state index in [4.69, 9.17) is 13.2 Å². The molecule has 0 unspecified atom stereocenters. The van der Waals surface area contributed by atoms with E-state index in [1.54, 1.807) is 17.4 Å². The summed E-state index contributed by atoms with van der Waals surface area (Å²) in [7, 11) is 0. The van der Waals surface area contributed by atoms with Crippen molar-refractivity contribution in [1.82, 2.24) is 7.96 Å². The van der Waals surface area contributed by atoms with Crippen LogP contribution >= 0.6 is 22.7 Å². The summed E-state index contributed by atoms with van der Waals surface area (Å²) < 4.78 is 9.53. The van der Waals surface area contributed by atoms with Gasteiger partial charge in [0.25, 0.3) is 0 Å². The molecule has 0 atom stereocenters. The van der Waals surface area contributed by atoms with Crippen molar-refractivity contribution in [3.05, 3.63) is 108 Å². The van der Waals surface area contributed by atoms with Gasteiger partial charge in [0.15, 0.2) is 0 Å². The van der Waals surface area contributed by atoms with Crippen molar-refractivity contribution < 1.29 is 9.90 Å². The van der Waals surface area contributed by atoms with E-state index in [0.29, 0.717) is 4.88 Å². The molecule has 0 aliphatic carbocycles. The number of aliphatic carboxylic acids is 1. The number of para-hydroxylation sites is 2. The topological polar surface area (TPSA) is 90.1 Å². The Hall–Kier alpha value is -4.32. The molecule has 6 aromatic rings. The van der Waals surface area contributed by atoms with Gasteiger partial charge in [0.2, 0.25) is 0 Å². The zero-order chi connectivity index (χ0) is 26.8. The molecular weight excluding hydrogens is 591 g/mol. The van der Waals surface area contributed by atoms with Crippen LogP contribution in [0.2, 0.25) is 0 Å². The summed E-state index contributed by atoms with van der Waals surface area (Å²) in [6.45, 7) is 0. The summed E-state index contributed by atoms with van der Waals surface area (Å²) in [6, 6.07) is 34.6. The van der Waals surface area contributed by atoms with E-state index in [1.807, 2.05) is 48.5 Å². The molecule has 188 valence electrons. The van der Waals surface area contributed by atoms with E-state index < -0.39 is 5.97 Å². The number of carbonyl (C=O) groups is 1. The quantitative estimate of drug-likeness (QED) is 0.114. The predicted molar refractivity (Wildman–Crippen MR) is 159 cm³/mol. The second-order valence-electron chi connectivity index (χ2n) is 8.44. The molecule has 6 nitrogen and oxygen atoms in total. The molecular formula is C30H18N4O2S2Se. The van der Waals surface area contributed by atoms with Crippen LogP contribution in [-0.4, -0.2) is 34.0 Å². The van der Waals surface area contributed by atoms with Crippen molar-refractivity contribution in [1.29, 1.82) is 5.26 Å². The van der Waals surface area contributed by atoms with Crippen LogP contribution in [0.4, 0.5) is 16.4 Å². The summed E-state index contributed by atoms with van der Waals surface area (Å²) >= 11 is 2.90. The Morgan fingerprint density at radius 3 is 1.92 bits per heavy atom. The Labute approximate surface area is 238 Å². The number of thiophene rings is 2. The third-order valence-electron chi connectivity index (χ3n) is 6.05. The number of anilines is 3. The number of benzene rings is 3. The van der Waals surface area contributed by atoms with Crippen LogP contribution in [0, 0.1) is 11.3 Å². The van der Waals surface area contributed by atoms with E-state index in [2.05, 4.69) is 53.4 Å². The molecule has 0 saturated heterocycles. The maximum atomic E-state index is 11.2. The summed E-state index contributed by atoms with van der Waals surface area (Å²) in [5.41, 5.74) is 5.64. The molecule has 3 heterocycles. The second-order valence-corrected chi connectivity index (χ2v) is 11.7. The Morgan fingerprint density at radius 1 is 0.795 bits per heavy atom. The fourth-order valence-electron chi connectivity index (χ4n) is 4.27. The van der Waals surface area contributed by atoms with Crippen LogP contribution in [-0.2, 0) is 4.79 Å². The molecule has 9 heteroatoms. The van der Waals surface area contributed by atoms with Gasteiger partial charge < -0.3 is 0 Å². The SMILES string of the molecule is N#C/C(=C\c1ccc(-c2ccc(-c3ccc(N(c4ccccc4)c4ccccc4)s3)c3n[se]nc23)s1)C(=O)O. The van der Waals surface area contributed by atoms with Crippen molar-refractivity contribution in [3.63, 3.8) is 0 Å². The van der Waals surface area contributed by atoms with E-state index in [-0.39, 0.29) is 20.5 Å². The van der Waals surface area contributed by atoms with Crippen molar-refractivity contribution in [2.45, 2.75) is 0 Å². The van der Waals surface area contributed by atoms with E-state index in [0.717, 1.165) is 48.3 Å². The number of hydrogen-bond acceptors (Lipinski definition) is 7. The predicted octanol–water partition coefficient (Wildman–Crippen LogP) is 7.61. The Kier molecular flexibility index (Phi) is 6.93. The number of hydrogen-bond donors (Lipinski definition) is 1. The molecule has 0 saturated carbocycles. The van der Waals surface area contributed by atoms with Gasteiger partial charge in [-0.3, -0.25) is 0 Å². The standard InChI is InChI=1S/C30H18N4O2S2Se/c31-18-19(30(35)36)17-22-11-14-25(37-22)23-12-13-24(29-28(23)32-39-33-29)26-15-16-27(38-26)34(20-7-3-1-4-8-20)21-9-5-2-6-10-21/h1-17H,(H,35,36)/b19-17+. The van der Waals surface area contributed by atoms with Gasteiger partial charge in [0, 0.05) is 0 Å².